The Kier molecular flexibility index (Phi) is 1.62. The molecular formula is C9H9N3O. The van der Waals surface area contributed by atoms with Crippen molar-refractivity contribution >= 4 is 17.3 Å². The van der Waals surface area contributed by atoms with Crippen LogP contribution in [0.5, 0.6) is 0 Å². The number of aldehydes is 1. The summed E-state index contributed by atoms with van der Waals surface area (Å²) in [6.07, 6.45) is 4.02. The molecule has 0 aliphatic heterocycles. The molecule has 4 heteroatoms. The molecule has 4 nitrogen and oxygen atoms in total. The number of fused-ring (bicyclic) bond motifs is 1. The second kappa shape index (κ2) is 2.65. The second-order valence-electron chi connectivity index (χ2n) is 2.93. The first-order valence-electron chi connectivity index (χ1n) is 3.96. The molecule has 2 rings (SSSR count). The van der Waals surface area contributed by atoms with E-state index in [1.54, 1.807) is 12.4 Å². The summed E-state index contributed by atoms with van der Waals surface area (Å²) in [6.45, 7) is 1.90. The Hall–Kier alpha value is -1.71. The Morgan fingerprint density at radius 2 is 2.23 bits per heavy atom. The number of carbonyl (C=O) groups is 1. The normalized spacial score (nSPS) is 10.6. The van der Waals surface area contributed by atoms with E-state index in [4.69, 9.17) is 0 Å². The van der Waals surface area contributed by atoms with Gasteiger partial charge >= 0.3 is 0 Å². The van der Waals surface area contributed by atoms with Gasteiger partial charge in [-0.3, -0.25) is 9.78 Å². The lowest BCUT2D eigenvalue weighted by Gasteiger charge is -1.97. The van der Waals surface area contributed by atoms with E-state index in [0.29, 0.717) is 5.56 Å². The highest BCUT2D eigenvalue weighted by Crippen LogP contribution is 2.15. The third-order valence-electron chi connectivity index (χ3n) is 2.16. The highest BCUT2D eigenvalue weighted by Gasteiger charge is 2.07. The number of nitrogens with zero attached hydrogens (tertiary/aromatic N) is 3. The van der Waals surface area contributed by atoms with E-state index in [-0.39, 0.29) is 0 Å². The first-order chi connectivity index (χ1) is 6.24. The van der Waals surface area contributed by atoms with Gasteiger partial charge in [-0.2, -0.15) is 0 Å². The van der Waals surface area contributed by atoms with Crippen molar-refractivity contribution in [3.8, 4) is 0 Å². The summed E-state index contributed by atoms with van der Waals surface area (Å²) in [7, 11) is 1.89. The van der Waals surface area contributed by atoms with E-state index in [1.165, 1.54) is 0 Å². The van der Waals surface area contributed by atoms with Gasteiger partial charge in [-0.15, -0.1) is 0 Å². The minimum atomic E-state index is 0.584. The van der Waals surface area contributed by atoms with Crippen molar-refractivity contribution in [3.63, 3.8) is 0 Å². The second-order valence-corrected chi connectivity index (χ2v) is 2.93. The van der Waals surface area contributed by atoms with Crippen LogP contribution in [-0.4, -0.2) is 20.8 Å². The summed E-state index contributed by atoms with van der Waals surface area (Å²) in [5.41, 5.74) is 2.20. The van der Waals surface area contributed by atoms with Crippen molar-refractivity contribution in [2.75, 3.05) is 0 Å². The fourth-order valence-electron chi connectivity index (χ4n) is 1.40. The number of aryl methyl sites for hydroxylation is 2. The molecule has 0 amide bonds. The van der Waals surface area contributed by atoms with Crippen molar-refractivity contribution in [1.82, 2.24) is 14.5 Å². The van der Waals surface area contributed by atoms with Crippen molar-refractivity contribution in [2.24, 2.45) is 7.05 Å². The molecule has 0 fully saturated rings. The van der Waals surface area contributed by atoms with Crippen LogP contribution in [0.4, 0.5) is 0 Å². The van der Waals surface area contributed by atoms with Gasteiger partial charge in [-0.05, 0) is 6.92 Å². The Labute approximate surface area is 75.2 Å². The topological polar surface area (TPSA) is 47.8 Å². The van der Waals surface area contributed by atoms with Crippen LogP contribution in [0.15, 0.2) is 12.4 Å². The van der Waals surface area contributed by atoms with Gasteiger partial charge in [0.25, 0.3) is 0 Å². The monoisotopic (exact) mass is 175 g/mol. The van der Waals surface area contributed by atoms with Crippen LogP contribution < -0.4 is 0 Å². The maximum Gasteiger partial charge on any atom is 0.153 e. The largest absolute Gasteiger partial charge is 0.331 e. The van der Waals surface area contributed by atoms with Gasteiger partial charge in [0.15, 0.2) is 6.29 Å². The fraction of sp³-hybridized carbons (Fsp3) is 0.222. The van der Waals surface area contributed by atoms with Crippen molar-refractivity contribution in [3.05, 3.63) is 23.8 Å². The molecule has 2 aromatic rings. The average Bonchev–Trinajstić information content (AvgIpc) is 2.43. The first-order valence-corrected chi connectivity index (χ1v) is 3.96. The number of carbonyl (C=O) groups excluding carboxylic acids is 1. The minimum Gasteiger partial charge on any atom is -0.331 e. The van der Waals surface area contributed by atoms with E-state index in [9.17, 15) is 4.79 Å². The molecule has 0 saturated carbocycles. The number of hydrogen-bond acceptors (Lipinski definition) is 3. The summed E-state index contributed by atoms with van der Waals surface area (Å²) in [6, 6.07) is 0. The average molecular weight is 175 g/mol. The summed E-state index contributed by atoms with van der Waals surface area (Å²) in [5.74, 6) is 0.881. The summed E-state index contributed by atoms with van der Waals surface area (Å²) < 4.78 is 1.89. The smallest absolute Gasteiger partial charge is 0.153 e. The van der Waals surface area contributed by atoms with Gasteiger partial charge in [0.2, 0.25) is 0 Å². The molecule has 0 aliphatic carbocycles. The van der Waals surface area contributed by atoms with Crippen LogP contribution in [0.2, 0.25) is 0 Å². The van der Waals surface area contributed by atoms with Crippen LogP contribution in [-0.2, 0) is 7.05 Å². The molecular weight excluding hydrogens is 166 g/mol. The predicted octanol–water partition coefficient (Wildman–Crippen LogP) is 1.09. The standard InChI is InChI=1S/C9H9N3O/c1-6-11-8-4-10-3-7(5-13)9(8)12(6)2/h3-5H,1-2H3. The van der Waals surface area contributed by atoms with Gasteiger partial charge in [0.1, 0.15) is 11.3 Å². The van der Waals surface area contributed by atoms with Gasteiger partial charge < -0.3 is 4.57 Å². The van der Waals surface area contributed by atoms with Crippen LogP contribution in [0.1, 0.15) is 16.2 Å². The fourth-order valence-corrected chi connectivity index (χ4v) is 1.40. The predicted molar refractivity (Wildman–Crippen MR) is 48.6 cm³/mol. The molecule has 0 aromatic carbocycles. The molecule has 0 saturated heterocycles. The molecule has 2 aromatic heterocycles. The van der Waals surface area contributed by atoms with E-state index < -0.39 is 0 Å². The molecule has 0 aliphatic rings. The van der Waals surface area contributed by atoms with Crippen LogP contribution in [0.25, 0.3) is 11.0 Å². The van der Waals surface area contributed by atoms with Crippen LogP contribution in [0.3, 0.4) is 0 Å². The molecule has 66 valence electrons. The van der Waals surface area contributed by atoms with E-state index >= 15 is 0 Å². The Morgan fingerprint density at radius 3 is 2.92 bits per heavy atom. The molecule has 0 atom stereocenters. The van der Waals surface area contributed by atoms with Crippen molar-refractivity contribution in [1.29, 1.82) is 0 Å². The maximum absolute atomic E-state index is 10.7. The number of rotatable bonds is 1. The van der Waals surface area contributed by atoms with Crippen molar-refractivity contribution < 1.29 is 4.79 Å². The zero-order valence-corrected chi connectivity index (χ0v) is 7.48. The number of aromatic nitrogens is 3. The third kappa shape index (κ3) is 1.02. The Bertz CT molecular complexity index is 473. The summed E-state index contributed by atoms with van der Waals surface area (Å²) in [5, 5.41) is 0. The van der Waals surface area contributed by atoms with Crippen molar-refractivity contribution in [2.45, 2.75) is 6.92 Å². The van der Waals surface area contributed by atoms with Gasteiger partial charge in [0, 0.05) is 13.2 Å². The molecule has 2 heterocycles. The number of imidazole rings is 1. The highest BCUT2D eigenvalue weighted by atomic mass is 16.1. The van der Waals surface area contributed by atoms with E-state index in [0.717, 1.165) is 23.1 Å². The van der Waals surface area contributed by atoms with Gasteiger partial charge in [0.05, 0.1) is 17.3 Å². The lowest BCUT2D eigenvalue weighted by Crippen LogP contribution is -1.94. The van der Waals surface area contributed by atoms with Crippen LogP contribution in [0, 0.1) is 6.92 Å². The molecule has 0 radical (unpaired) electrons. The number of pyridine rings is 1. The summed E-state index contributed by atoms with van der Waals surface area (Å²) >= 11 is 0. The molecule has 0 bridgehead atoms. The molecule has 0 unspecified atom stereocenters. The zero-order valence-electron chi connectivity index (χ0n) is 7.48. The van der Waals surface area contributed by atoms with Gasteiger partial charge in [-0.1, -0.05) is 0 Å². The quantitative estimate of drug-likeness (QED) is 0.609. The summed E-state index contributed by atoms with van der Waals surface area (Å²) in [4.78, 5) is 18.9. The van der Waals surface area contributed by atoms with Crippen LogP contribution >= 0.6 is 0 Å². The molecule has 0 N–H and O–H groups in total. The number of hydrogen-bond donors (Lipinski definition) is 0. The lowest BCUT2D eigenvalue weighted by atomic mass is 10.2. The van der Waals surface area contributed by atoms with Gasteiger partial charge in [-0.25, -0.2) is 4.98 Å². The molecule has 0 spiro atoms. The first kappa shape index (κ1) is 7.91. The third-order valence-corrected chi connectivity index (χ3v) is 2.16. The Morgan fingerprint density at radius 1 is 1.46 bits per heavy atom. The van der Waals surface area contributed by atoms with E-state index in [2.05, 4.69) is 9.97 Å². The maximum atomic E-state index is 10.7. The van der Waals surface area contributed by atoms with E-state index in [1.807, 2.05) is 18.5 Å². The molecule has 13 heavy (non-hydrogen) atoms. The Balaban J connectivity index is 2.94. The zero-order chi connectivity index (χ0) is 9.42. The lowest BCUT2D eigenvalue weighted by molar-refractivity contribution is 0.112. The minimum absolute atomic E-state index is 0.584. The SMILES string of the molecule is Cc1nc2cncc(C=O)c2n1C. The highest BCUT2D eigenvalue weighted by molar-refractivity contribution is 5.93.